The van der Waals surface area contributed by atoms with Crippen LogP contribution in [0.3, 0.4) is 0 Å². The predicted molar refractivity (Wildman–Crippen MR) is 138 cm³/mol. The molecule has 0 unspecified atom stereocenters. The lowest BCUT2D eigenvalue weighted by atomic mass is 9.90. The smallest absolute Gasteiger partial charge is 0.251 e. The molecule has 1 aliphatic heterocycles. The van der Waals surface area contributed by atoms with Crippen LogP contribution in [0.15, 0.2) is 60.7 Å². The number of hydrogen-bond donors (Lipinski definition) is 3. The molecule has 1 aliphatic rings. The number of hydrogen-bond acceptors (Lipinski definition) is 5. The number of benzene rings is 2. The van der Waals surface area contributed by atoms with Gasteiger partial charge in [-0.15, -0.1) is 0 Å². The number of unbranched alkanes of at least 4 members (excludes halogenated alkanes) is 1. The summed E-state index contributed by atoms with van der Waals surface area (Å²) in [7, 11) is 0. The van der Waals surface area contributed by atoms with Gasteiger partial charge in [-0.3, -0.25) is 19.2 Å². The molecule has 1 heterocycles. The van der Waals surface area contributed by atoms with Gasteiger partial charge in [0.25, 0.3) is 5.91 Å². The maximum absolute atomic E-state index is 13.6. The molecular weight excluding hydrogens is 456 g/mol. The van der Waals surface area contributed by atoms with E-state index >= 15 is 0 Å². The van der Waals surface area contributed by atoms with Gasteiger partial charge < -0.3 is 21.7 Å². The summed E-state index contributed by atoms with van der Waals surface area (Å²) in [6.07, 6.45) is 2.86. The number of amides is 3. The molecule has 2 aromatic rings. The van der Waals surface area contributed by atoms with Crippen LogP contribution in [0.25, 0.3) is 0 Å². The summed E-state index contributed by atoms with van der Waals surface area (Å²) >= 11 is 0. The number of Topliss-reactive ketones (excluding diaryl/α,β-unsaturated/α-hetero) is 1. The molecule has 3 atom stereocenters. The highest BCUT2D eigenvalue weighted by Crippen LogP contribution is 2.24. The Bertz CT molecular complexity index is 1030. The summed E-state index contributed by atoms with van der Waals surface area (Å²) in [5, 5.41) is 2.89. The maximum atomic E-state index is 13.6. The second-order valence-corrected chi connectivity index (χ2v) is 9.41. The van der Waals surface area contributed by atoms with E-state index in [2.05, 4.69) is 5.32 Å². The average molecular weight is 493 g/mol. The molecular formula is C28H36N4O4. The average Bonchev–Trinajstić information content (AvgIpc) is 3.39. The largest absolute Gasteiger partial charge is 0.369 e. The summed E-state index contributed by atoms with van der Waals surface area (Å²) in [5.74, 6) is -1.97. The second-order valence-electron chi connectivity index (χ2n) is 9.41. The van der Waals surface area contributed by atoms with Crippen molar-refractivity contribution in [3.8, 4) is 0 Å². The van der Waals surface area contributed by atoms with Crippen molar-refractivity contribution < 1.29 is 19.2 Å². The number of nitrogens with one attached hydrogen (secondary N) is 1. The van der Waals surface area contributed by atoms with E-state index in [0.717, 1.165) is 12.0 Å². The summed E-state index contributed by atoms with van der Waals surface area (Å²) in [4.78, 5) is 53.1. The first-order chi connectivity index (χ1) is 17.4. The van der Waals surface area contributed by atoms with Crippen LogP contribution < -0.4 is 16.8 Å². The third kappa shape index (κ3) is 7.75. The number of carbonyl (C=O) groups is 4. The SMILES string of the molecule is NCCCC[C@H](CC(=O)[C@H](Cc1ccccc1)NC(=O)c1ccccc1)C(=O)N1CC[C@@H](C(N)=O)C1. The Balaban J connectivity index is 1.76. The minimum atomic E-state index is -0.776. The lowest BCUT2D eigenvalue weighted by Crippen LogP contribution is -2.44. The molecule has 36 heavy (non-hydrogen) atoms. The van der Waals surface area contributed by atoms with Crippen LogP contribution in [-0.4, -0.2) is 54.1 Å². The number of carbonyl (C=O) groups excluding carboxylic acids is 4. The summed E-state index contributed by atoms with van der Waals surface area (Å²) < 4.78 is 0. The molecule has 3 rings (SSSR count). The molecule has 8 heteroatoms. The van der Waals surface area contributed by atoms with Crippen molar-refractivity contribution in [2.75, 3.05) is 19.6 Å². The van der Waals surface area contributed by atoms with Gasteiger partial charge in [-0.1, -0.05) is 55.0 Å². The normalized spacial score (nSPS) is 16.8. The first-order valence-electron chi connectivity index (χ1n) is 12.6. The zero-order valence-electron chi connectivity index (χ0n) is 20.6. The van der Waals surface area contributed by atoms with Crippen molar-refractivity contribution in [1.82, 2.24) is 10.2 Å². The van der Waals surface area contributed by atoms with E-state index in [1.54, 1.807) is 29.2 Å². The molecule has 5 N–H and O–H groups in total. The molecule has 0 aromatic heterocycles. The van der Waals surface area contributed by atoms with Crippen molar-refractivity contribution in [3.05, 3.63) is 71.8 Å². The first kappa shape index (κ1) is 27.1. The van der Waals surface area contributed by atoms with Gasteiger partial charge in [0.1, 0.15) is 0 Å². The highest BCUT2D eigenvalue weighted by molar-refractivity contribution is 5.98. The van der Waals surface area contributed by atoms with Gasteiger partial charge in [0.2, 0.25) is 11.8 Å². The van der Waals surface area contributed by atoms with Gasteiger partial charge in [0, 0.05) is 31.0 Å². The monoisotopic (exact) mass is 492 g/mol. The predicted octanol–water partition coefficient (Wildman–Crippen LogP) is 2.07. The Labute approximate surface area is 212 Å². The fourth-order valence-corrected chi connectivity index (χ4v) is 4.61. The minimum absolute atomic E-state index is 0.00765. The van der Waals surface area contributed by atoms with Crippen LogP contribution in [0.5, 0.6) is 0 Å². The molecule has 0 spiro atoms. The number of primary amides is 1. The Hall–Kier alpha value is -3.52. The Morgan fingerprint density at radius 2 is 1.64 bits per heavy atom. The van der Waals surface area contributed by atoms with E-state index in [4.69, 9.17) is 11.5 Å². The van der Waals surface area contributed by atoms with Gasteiger partial charge in [0.15, 0.2) is 5.78 Å². The lowest BCUT2D eigenvalue weighted by molar-refractivity contribution is -0.138. The number of rotatable bonds is 13. The maximum Gasteiger partial charge on any atom is 0.251 e. The van der Waals surface area contributed by atoms with Gasteiger partial charge >= 0.3 is 0 Å². The number of nitrogens with two attached hydrogens (primary N) is 2. The third-order valence-electron chi connectivity index (χ3n) is 6.72. The first-order valence-corrected chi connectivity index (χ1v) is 12.6. The Kier molecular flexibility index (Phi) is 10.2. The van der Waals surface area contributed by atoms with Crippen molar-refractivity contribution >= 4 is 23.5 Å². The fourth-order valence-electron chi connectivity index (χ4n) is 4.61. The number of ketones is 1. The third-order valence-corrected chi connectivity index (χ3v) is 6.72. The Morgan fingerprint density at radius 1 is 0.972 bits per heavy atom. The molecule has 0 saturated carbocycles. The van der Waals surface area contributed by atoms with Gasteiger partial charge in [-0.2, -0.15) is 0 Å². The van der Waals surface area contributed by atoms with E-state index in [1.165, 1.54) is 0 Å². The molecule has 0 aliphatic carbocycles. The molecule has 8 nitrogen and oxygen atoms in total. The Morgan fingerprint density at radius 3 is 2.25 bits per heavy atom. The van der Waals surface area contributed by atoms with Crippen LogP contribution in [0, 0.1) is 11.8 Å². The molecule has 3 amide bonds. The summed E-state index contributed by atoms with van der Waals surface area (Å²) in [6.45, 7) is 1.24. The van der Waals surface area contributed by atoms with Gasteiger partial charge in [0.05, 0.1) is 12.0 Å². The van der Waals surface area contributed by atoms with Crippen molar-refractivity contribution in [2.24, 2.45) is 23.3 Å². The highest BCUT2D eigenvalue weighted by Gasteiger charge is 2.35. The molecule has 1 saturated heterocycles. The highest BCUT2D eigenvalue weighted by atomic mass is 16.2. The standard InChI is InChI=1S/C28H36N4O4/c29-15-8-7-13-22(28(36)32-16-14-23(19-32)26(30)34)18-25(33)24(17-20-9-3-1-4-10-20)31-27(35)21-11-5-2-6-12-21/h1-6,9-12,22-24H,7-8,13-19,29H2,(H2,30,34)(H,31,35)/t22-,23-,24+/m1/s1. The zero-order valence-corrected chi connectivity index (χ0v) is 20.6. The topological polar surface area (TPSA) is 136 Å². The van der Waals surface area contributed by atoms with E-state index in [9.17, 15) is 19.2 Å². The van der Waals surface area contributed by atoms with Crippen LogP contribution in [-0.2, 0) is 20.8 Å². The molecule has 192 valence electrons. The van der Waals surface area contributed by atoms with E-state index < -0.39 is 17.9 Å². The van der Waals surface area contributed by atoms with Crippen LogP contribution in [0.1, 0.15) is 48.0 Å². The molecule has 2 aromatic carbocycles. The van der Waals surface area contributed by atoms with Crippen molar-refractivity contribution in [1.29, 1.82) is 0 Å². The number of nitrogens with zero attached hydrogens (tertiary/aromatic N) is 1. The van der Waals surface area contributed by atoms with Gasteiger partial charge in [-0.25, -0.2) is 0 Å². The van der Waals surface area contributed by atoms with E-state index in [0.29, 0.717) is 44.3 Å². The fraction of sp³-hybridized carbons (Fsp3) is 0.429. The summed E-state index contributed by atoms with van der Waals surface area (Å²) in [6, 6.07) is 17.5. The molecule has 1 fully saturated rings. The van der Waals surface area contributed by atoms with Crippen LogP contribution >= 0.6 is 0 Å². The molecule has 0 radical (unpaired) electrons. The van der Waals surface area contributed by atoms with Gasteiger partial charge in [-0.05, 0) is 49.9 Å². The summed E-state index contributed by atoms with van der Waals surface area (Å²) in [5.41, 5.74) is 12.5. The lowest BCUT2D eigenvalue weighted by Gasteiger charge is -2.25. The van der Waals surface area contributed by atoms with Crippen LogP contribution in [0.4, 0.5) is 0 Å². The van der Waals surface area contributed by atoms with E-state index in [-0.39, 0.29) is 36.5 Å². The quantitative estimate of drug-likeness (QED) is 0.368. The van der Waals surface area contributed by atoms with Crippen molar-refractivity contribution in [3.63, 3.8) is 0 Å². The zero-order chi connectivity index (χ0) is 25.9. The van der Waals surface area contributed by atoms with Crippen molar-refractivity contribution in [2.45, 2.75) is 44.6 Å². The van der Waals surface area contributed by atoms with E-state index in [1.807, 2.05) is 36.4 Å². The number of likely N-dealkylation sites (tertiary alicyclic amines) is 1. The van der Waals surface area contributed by atoms with Crippen LogP contribution in [0.2, 0.25) is 0 Å². The molecule has 0 bridgehead atoms. The minimum Gasteiger partial charge on any atom is -0.369 e. The second kappa shape index (κ2) is 13.5.